The van der Waals surface area contributed by atoms with Gasteiger partial charge < -0.3 is 24.7 Å². The first-order valence-corrected chi connectivity index (χ1v) is 7.82. The van der Waals surface area contributed by atoms with Crippen molar-refractivity contribution >= 4 is 16.9 Å². The Morgan fingerprint density at radius 1 is 1.38 bits per heavy atom. The lowest BCUT2D eigenvalue weighted by molar-refractivity contribution is -0.121. The van der Waals surface area contributed by atoms with Gasteiger partial charge in [0, 0.05) is 25.3 Å². The lowest BCUT2D eigenvalue weighted by Crippen LogP contribution is -2.34. The Bertz CT molecular complexity index is 835. The summed E-state index contributed by atoms with van der Waals surface area (Å²) in [5, 5.41) is 22.5. The van der Waals surface area contributed by atoms with Crippen LogP contribution in [0.3, 0.4) is 0 Å². The van der Waals surface area contributed by atoms with Gasteiger partial charge in [-0.15, -0.1) is 0 Å². The van der Waals surface area contributed by atoms with E-state index < -0.39 is 5.63 Å². The number of aromatic hydroxyl groups is 2. The van der Waals surface area contributed by atoms with Crippen LogP contribution < -0.4 is 10.9 Å². The normalized spacial score (nSPS) is 17.3. The Morgan fingerprint density at radius 2 is 2.17 bits per heavy atom. The number of aryl methyl sites for hydroxylation is 1. The summed E-state index contributed by atoms with van der Waals surface area (Å²) >= 11 is 0. The second-order valence-electron chi connectivity index (χ2n) is 5.95. The van der Waals surface area contributed by atoms with Gasteiger partial charge >= 0.3 is 5.63 Å². The minimum atomic E-state index is -0.655. The number of benzene rings is 1. The minimum Gasteiger partial charge on any atom is -0.508 e. The smallest absolute Gasteiger partial charge is 0.340 e. The standard InChI is InChI=1S/C17H19NO6/c1-9-12(7-15(21)18-8-11-3-2-4-23-11)17(22)24-14-6-10(19)5-13(20)16(9)14/h5-6,11,19-20H,2-4,7-8H2,1H3,(H,18,21)/t11-/m0/s1. The van der Waals surface area contributed by atoms with Gasteiger partial charge in [-0.2, -0.15) is 0 Å². The average Bonchev–Trinajstić information content (AvgIpc) is 3.01. The number of carbonyl (C=O) groups is 1. The van der Waals surface area contributed by atoms with E-state index in [0.717, 1.165) is 18.9 Å². The summed E-state index contributed by atoms with van der Waals surface area (Å²) in [6.07, 6.45) is 1.78. The fourth-order valence-electron chi connectivity index (χ4n) is 2.97. The molecule has 24 heavy (non-hydrogen) atoms. The lowest BCUT2D eigenvalue weighted by Gasteiger charge is -2.12. The molecule has 1 aromatic carbocycles. The molecular weight excluding hydrogens is 314 g/mol. The summed E-state index contributed by atoms with van der Waals surface area (Å²) < 4.78 is 10.6. The van der Waals surface area contributed by atoms with Gasteiger partial charge in [0.25, 0.3) is 0 Å². The highest BCUT2D eigenvalue weighted by atomic mass is 16.5. The van der Waals surface area contributed by atoms with Crippen molar-refractivity contribution in [3.05, 3.63) is 33.7 Å². The van der Waals surface area contributed by atoms with E-state index in [2.05, 4.69) is 5.32 Å². The summed E-state index contributed by atoms with van der Waals surface area (Å²) in [5.41, 5.74) is 0.0788. The third-order valence-electron chi connectivity index (χ3n) is 4.23. The number of rotatable bonds is 4. The van der Waals surface area contributed by atoms with E-state index in [0.29, 0.717) is 24.1 Å². The second kappa shape index (κ2) is 6.52. The van der Waals surface area contributed by atoms with E-state index in [9.17, 15) is 19.8 Å². The molecule has 1 atom stereocenters. The molecule has 0 unspecified atom stereocenters. The maximum absolute atomic E-state index is 12.1. The third-order valence-corrected chi connectivity index (χ3v) is 4.23. The van der Waals surface area contributed by atoms with Crippen LogP contribution in [0, 0.1) is 6.92 Å². The fraction of sp³-hybridized carbons (Fsp3) is 0.412. The summed E-state index contributed by atoms with van der Waals surface area (Å²) in [7, 11) is 0. The van der Waals surface area contributed by atoms with Crippen molar-refractivity contribution in [2.75, 3.05) is 13.2 Å². The van der Waals surface area contributed by atoms with Crippen molar-refractivity contribution in [2.45, 2.75) is 32.3 Å². The highest BCUT2D eigenvalue weighted by Crippen LogP contribution is 2.32. The van der Waals surface area contributed by atoms with Crippen LogP contribution in [0.15, 0.2) is 21.3 Å². The SMILES string of the molecule is Cc1c(CC(=O)NC[C@@H]2CCCO2)c(=O)oc2cc(O)cc(O)c12. The molecule has 2 aromatic rings. The van der Waals surface area contributed by atoms with E-state index in [1.165, 1.54) is 6.07 Å². The molecule has 2 heterocycles. The number of nitrogens with one attached hydrogen (secondary N) is 1. The average molecular weight is 333 g/mol. The largest absolute Gasteiger partial charge is 0.508 e. The Morgan fingerprint density at radius 3 is 2.88 bits per heavy atom. The molecule has 0 radical (unpaired) electrons. The minimum absolute atomic E-state index is 0.0232. The Labute approximate surface area is 137 Å². The zero-order chi connectivity index (χ0) is 17.3. The van der Waals surface area contributed by atoms with Crippen LogP contribution in [0.2, 0.25) is 0 Å². The topological polar surface area (TPSA) is 109 Å². The van der Waals surface area contributed by atoms with Crippen molar-refractivity contribution in [1.82, 2.24) is 5.32 Å². The maximum atomic E-state index is 12.1. The fourth-order valence-corrected chi connectivity index (χ4v) is 2.97. The monoisotopic (exact) mass is 333 g/mol. The molecule has 0 aliphatic carbocycles. The highest BCUT2D eigenvalue weighted by Gasteiger charge is 2.20. The summed E-state index contributed by atoms with van der Waals surface area (Å²) in [4.78, 5) is 24.2. The van der Waals surface area contributed by atoms with Crippen LogP contribution in [0.5, 0.6) is 11.5 Å². The maximum Gasteiger partial charge on any atom is 0.340 e. The number of carbonyl (C=O) groups excluding carboxylic acids is 1. The summed E-state index contributed by atoms with van der Waals surface area (Å²) in [5.74, 6) is -0.713. The summed E-state index contributed by atoms with van der Waals surface area (Å²) in [6.45, 7) is 2.76. The van der Waals surface area contributed by atoms with Gasteiger partial charge in [-0.3, -0.25) is 4.79 Å². The lowest BCUT2D eigenvalue weighted by atomic mass is 10.0. The number of ether oxygens (including phenoxy) is 1. The van der Waals surface area contributed by atoms with Gasteiger partial charge in [-0.05, 0) is 25.3 Å². The number of hydrogen-bond donors (Lipinski definition) is 3. The van der Waals surface area contributed by atoms with Gasteiger partial charge in [0.05, 0.1) is 23.5 Å². The molecule has 1 amide bonds. The van der Waals surface area contributed by atoms with Gasteiger partial charge in [-0.25, -0.2) is 4.79 Å². The number of hydrogen-bond acceptors (Lipinski definition) is 6. The van der Waals surface area contributed by atoms with Crippen molar-refractivity contribution in [1.29, 1.82) is 0 Å². The van der Waals surface area contributed by atoms with Crippen LogP contribution in [0.1, 0.15) is 24.0 Å². The Kier molecular flexibility index (Phi) is 4.44. The molecule has 1 aliphatic heterocycles. The van der Waals surface area contributed by atoms with Crippen molar-refractivity contribution in [2.24, 2.45) is 0 Å². The van der Waals surface area contributed by atoms with Gasteiger partial charge in [0.15, 0.2) is 0 Å². The van der Waals surface area contributed by atoms with E-state index in [1.807, 2.05) is 0 Å². The molecule has 1 fully saturated rings. The molecule has 128 valence electrons. The molecule has 0 bridgehead atoms. The van der Waals surface area contributed by atoms with Gasteiger partial charge in [-0.1, -0.05) is 0 Å². The molecule has 7 nitrogen and oxygen atoms in total. The second-order valence-corrected chi connectivity index (χ2v) is 5.95. The third kappa shape index (κ3) is 3.21. The number of phenolic OH excluding ortho intramolecular Hbond substituents is 2. The van der Waals surface area contributed by atoms with Crippen molar-refractivity contribution in [3.8, 4) is 11.5 Å². The molecule has 7 heteroatoms. The first-order chi connectivity index (χ1) is 11.5. The van der Waals surface area contributed by atoms with Crippen LogP contribution >= 0.6 is 0 Å². The molecule has 0 spiro atoms. The van der Waals surface area contributed by atoms with E-state index in [1.54, 1.807) is 6.92 Å². The molecular formula is C17H19NO6. The van der Waals surface area contributed by atoms with Gasteiger partial charge in [0.1, 0.15) is 17.1 Å². The molecule has 1 aromatic heterocycles. The number of amides is 1. The first-order valence-electron chi connectivity index (χ1n) is 7.82. The molecule has 1 saturated heterocycles. The summed E-state index contributed by atoms with van der Waals surface area (Å²) in [6, 6.07) is 2.42. The Balaban J connectivity index is 1.83. The van der Waals surface area contributed by atoms with Gasteiger partial charge in [0.2, 0.25) is 5.91 Å². The quantitative estimate of drug-likeness (QED) is 0.729. The van der Waals surface area contributed by atoms with E-state index >= 15 is 0 Å². The first kappa shape index (κ1) is 16.3. The molecule has 1 aliphatic rings. The van der Waals surface area contributed by atoms with Crippen molar-refractivity contribution in [3.63, 3.8) is 0 Å². The predicted molar refractivity (Wildman–Crippen MR) is 86.2 cm³/mol. The van der Waals surface area contributed by atoms with Crippen LogP contribution in [0.25, 0.3) is 11.0 Å². The predicted octanol–water partition coefficient (Wildman–Crippen LogP) is 1.35. The zero-order valence-electron chi connectivity index (χ0n) is 13.3. The van der Waals surface area contributed by atoms with E-state index in [-0.39, 0.29) is 41.1 Å². The zero-order valence-corrected chi connectivity index (χ0v) is 13.3. The number of fused-ring (bicyclic) bond motifs is 1. The number of phenols is 2. The van der Waals surface area contributed by atoms with Crippen molar-refractivity contribution < 1.29 is 24.2 Å². The molecule has 0 saturated carbocycles. The van der Waals surface area contributed by atoms with Crippen LogP contribution in [-0.4, -0.2) is 35.4 Å². The Hall–Kier alpha value is -2.54. The van der Waals surface area contributed by atoms with E-state index in [4.69, 9.17) is 9.15 Å². The van der Waals surface area contributed by atoms with Crippen LogP contribution in [-0.2, 0) is 16.0 Å². The van der Waals surface area contributed by atoms with Crippen LogP contribution in [0.4, 0.5) is 0 Å². The molecule has 3 rings (SSSR count). The highest BCUT2D eigenvalue weighted by molar-refractivity contribution is 5.89. The molecule has 3 N–H and O–H groups in total.